The zero-order valence-electron chi connectivity index (χ0n) is 23.0. The Labute approximate surface area is 222 Å². The van der Waals surface area contributed by atoms with Crippen molar-refractivity contribution >= 4 is 0 Å². The number of phenolic OH excluding ortho intramolecular Hbond substituents is 3. The number of rotatable bonds is 4. The van der Waals surface area contributed by atoms with Gasteiger partial charge >= 0.3 is 0 Å². The molecule has 0 atom stereocenters. The first-order valence-corrected chi connectivity index (χ1v) is 14.3. The lowest BCUT2D eigenvalue weighted by atomic mass is 9.79. The third kappa shape index (κ3) is 4.85. The van der Waals surface area contributed by atoms with Gasteiger partial charge in [0, 0.05) is 5.56 Å². The minimum Gasteiger partial charge on any atom is -0.508 e. The van der Waals surface area contributed by atoms with Crippen molar-refractivity contribution in [3.05, 3.63) is 63.7 Å². The first kappa shape index (κ1) is 25.7. The van der Waals surface area contributed by atoms with Gasteiger partial charge < -0.3 is 15.3 Å². The monoisotopic (exact) mass is 498 g/mol. The lowest BCUT2D eigenvalue weighted by Gasteiger charge is -2.26. The maximum atomic E-state index is 11.4. The third-order valence-electron chi connectivity index (χ3n) is 9.15. The molecular weight excluding hydrogens is 456 g/mol. The zero-order chi connectivity index (χ0) is 26.3. The van der Waals surface area contributed by atoms with Crippen molar-refractivity contribution in [1.29, 1.82) is 0 Å². The molecule has 2 saturated carbocycles. The van der Waals surface area contributed by atoms with Crippen molar-refractivity contribution in [2.24, 2.45) is 0 Å². The van der Waals surface area contributed by atoms with E-state index in [2.05, 4.69) is 32.0 Å². The number of aryl methyl sites for hydroxylation is 3. The Bertz CT molecular complexity index is 1310. The normalized spacial score (nSPS) is 17.3. The summed E-state index contributed by atoms with van der Waals surface area (Å²) in [7, 11) is 0. The molecule has 196 valence electrons. The van der Waals surface area contributed by atoms with Crippen LogP contribution in [-0.2, 0) is 0 Å². The van der Waals surface area contributed by atoms with E-state index < -0.39 is 0 Å². The fourth-order valence-electron chi connectivity index (χ4n) is 6.97. The first-order chi connectivity index (χ1) is 17.8. The lowest BCUT2D eigenvalue weighted by molar-refractivity contribution is 0.414. The highest BCUT2D eigenvalue weighted by Crippen LogP contribution is 2.47. The molecule has 3 N–H and O–H groups in total. The van der Waals surface area contributed by atoms with Crippen molar-refractivity contribution in [1.82, 2.24) is 0 Å². The highest BCUT2D eigenvalue weighted by molar-refractivity contribution is 5.87. The fourth-order valence-corrected chi connectivity index (χ4v) is 6.97. The molecule has 0 heterocycles. The van der Waals surface area contributed by atoms with E-state index in [1.54, 1.807) is 0 Å². The summed E-state index contributed by atoms with van der Waals surface area (Å²) in [6, 6.07) is 10.3. The number of aromatic hydroxyl groups is 3. The zero-order valence-corrected chi connectivity index (χ0v) is 23.0. The average Bonchev–Trinajstić information content (AvgIpc) is 2.89. The molecule has 0 saturated heterocycles. The molecular formula is C34H42O3. The summed E-state index contributed by atoms with van der Waals surface area (Å²) in [5, 5.41) is 33.1. The van der Waals surface area contributed by atoms with Crippen LogP contribution in [-0.4, -0.2) is 15.3 Å². The molecule has 0 aliphatic heterocycles. The molecule has 0 unspecified atom stereocenters. The van der Waals surface area contributed by atoms with Gasteiger partial charge in [0.05, 0.1) is 0 Å². The van der Waals surface area contributed by atoms with Gasteiger partial charge in [-0.2, -0.15) is 0 Å². The van der Waals surface area contributed by atoms with Crippen LogP contribution in [0, 0.1) is 27.7 Å². The first-order valence-electron chi connectivity index (χ1n) is 14.3. The van der Waals surface area contributed by atoms with Crippen molar-refractivity contribution < 1.29 is 15.3 Å². The molecule has 3 heteroatoms. The minimum absolute atomic E-state index is 0.313. The smallest absolute Gasteiger partial charge is 0.126 e. The Morgan fingerprint density at radius 1 is 0.514 bits per heavy atom. The number of hydrogen-bond acceptors (Lipinski definition) is 3. The third-order valence-corrected chi connectivity index (χ3v) is 9.15. The van der Waals surface area contributed by atoms with E-state index >= 15 is 0 Å². The summed E-state index contributed by atoms with van der Waals surface area (Å²) in [5.41, 5.74) is 10.1. The fraction of sp³-hybridized carbons (Fsp3) is 0.471. The summed E-state index contributed by atoms with van der Waals surface area (Å²) < 4.78 is 0. The van der Waals surface area contributed by atoms with Gasteiger partial charge in [0.25, 0.3) is 0 Å². The molecule has 0 amide bonds. The van der Waals surface area contributed by atoms with Crippen LogP contribution in [0.25, 0.3) is 22.3 Å². The van der Waals surface area contributed by atoms with Crippen molar-refractivity contribution in [3.8, 4) is 39.5 Å². The van der Waals surface area contributed by atoms with Crippen molar-refractivity contribution in [2.45, 2.75) is 104 Å². The highest BCUT2D eigenvalue weighted by Gasteiger charge is 2.25. The van der Waals surface area contributed by atoms with Gasteiger partial charge in [-0.3, -0.25) is 0 Å². The molecule has 0 spiro atoms. The highest BCUT2D eigenvalue weighted by atomic mass is 16.3. The van der Waals surface area contributed by atoms with E-state index in [1.807, 2.05) is 26.0 Å². The van der Waals surface area contributed by atoms with Crippen molar-refractivity contribution in [2.75, 3.05) is 0 Å². The second kappa shape index (κ2) is 10.4. The molecule has 2 fully saturated rings. The molecule has 3 aromatic carbocycles. The van der Waals surface area contributed by atoms with Crippen LogP contribution in [0.3, 0.4) is 0 Å². The molecule has 5 rings (SSSR count). The van der Waals surface area contributed by atoms with E-state index in [-0.39, 0.29) is 0 Å². The predicted octanol–water partition coefficient (Wildman–Crippen LogP) is 9.47. The van der Waals surface area contributed by atoms with Crippen LogP contribution >= 0.6 is 0 Å². The molecule has 3 nitrogen and oxygen atoms in total. The van der Waals surface area contributed by atoms with Crippen LogP contribution < -0.4 is 0 Å². The van der Waals surface area contributed by atoms with Crippen LogP contribution in [0.15, 0.2) is 30.3 Å². The summed E-state index contributed by atoms with van der Waals surface area (Å²) in [4.78, 5) is 0. The minimum atomic E-state index is 0.313. The Balaban J connectivity index is 1.67. The largest absolute Gasteiger partial charge is 0.508 e. The van der Waals surface area contributed by atoms with Crippen molar-refractivity contribution in [3.63, 3.8) is 0 Å². The number of phenols is 3. The van der Waals surface area contributed by atoms with Gasteiger partial charge in [0.1, 0.15) is 17.2 Å². The van der Waals surface area contributed by atoms with E-state index in [1.165, 1.54) is 38.5 Å². The van der Waals surface area contributed by atoms with Gasteiger partial charge in [0.15, 0.2) is 0 Å². The maximum absolute atomic E-state index is 11.4. The van der Waals surface area contributed by atoms with E-state index in [0.717, 1.165) is 81.3 Å². The second-order valence-electron chi connectivity index (χ2n) is 11.7. The predicted molar refractivity (Wildman–Crippen MR) is 153 cm³/mol. The molecule has 0 radical (unpaired) electrons. The Morgan fingerprint density at radius 3 is 1.49 bits per heavy atom. The van der Waals surface area contributed by atoms with E-state index in [0.29, 0.717) is 29.1 Å². The molecule has 0 aromatic heterocycles. The molecule has 0 bridgehead atoms. The molecule has 2 aliphatic carbocycles. The second-order valence-corrected chi connectivity index (χ2v) is 11.7. The quantitative estimate of drug-likeness (QED) is 0.336. The van der Waals surface area contributed by atoms with Gasteiger partial charge in [-0.05, 0) is 146 Å². The van der Waals surface area contributed by atoms with Crippen LogP contribution in [0.4, 0.5) is 0 Å². The lowest BCUT2D eigenvalue weighted by Crippen LogP contribution is -2.06. The van der Waals surface area contributed by atoms with Gasteiger partial charge in [0.2, 0.25) is 0 Å². The summed E-state index contributed by atoms with van der Waals surface area (Å²) >= 11 is 0. The van der Waals surface area contributed by atoms with E-state index in [9.17, 15) is 15.3 Å². The summed E-state index contributed by atoms with van der Waals surface area (Å²) in [6.07, 6.45) is 11.9. The standard InChI is InChI=1S/C34H42O3/c1-20-16-31(35)29(24-11-7-5-8-12-24)18-26(20)28-15-22(3)34(37)33(23(28)4)27-19-30(32(36)17-21(27)2)25-13-9-6-10-14-25/h15-19,24-25,35-37H,5-14H2,1-4H3. The Kier molecular flexibility index (Phi) is 7.25. The summed E-state index contributed by atoms with van der Waals surface area (Å²) in [6.45, 7) is 8.15. The Hall–Kier alpha value is -2.94. The van der Waals surface area contributed by atoms with Gasteiger partial charge in [-0.15, -0.1) is 0 Å². The van der Waals surface area contributed by atoms with Crippen LogP contribution in [0.5, 0.6) is 17.2 Å². The van der Waals surface area contributed by atoms with Crippen LogP contribution in [0.2, 0.25) is 0 Å². The maximum Gasteiger partial charge on any atom is 0.126 e. The molecule has 2 aliphatic rings. The number of benzene rings is 3. The van der Waals surface area contributed by atoms with Gasteiger partial charge in [-0.1, -0.05) is 38.5 Å². The molecule has 37 heavy (non-hydrogen) atoms. The topological polar surface area (TPSA) is 60.7 Å². The Morgan fingerprint density at radius 2 is 0.973 bits per heavy atom. The van der Waals surface area contributed by atoms with Gasteiger partial charge in [-0.25, -0.2) is 0 Å². The van der Waals surface area contributed by atoms with Crippen LogP contribution in [0.1, 0.15) is 109 Å². The number of hydrogen-bond donors (Lipinski definition) is 3. The summed E-state index contributed by atoms with van der Waals surface area (Å²) in [5.74, 6) is 1.88. The van der Waals surface area contributed by atoms with E-state index in [4.69, 9.17) is 0 Å². The average molecular weight is 499 g/mol. The SMILES string of the molecule is Cc1cc(O)c(C2CCCCC2)cc1-c1cc(C)c(O)c(-c2cc(C3CCCCC3)c(O)cc2C)c1C. The molecule has 3 aromatic rings.